The number of nitrogens with one attached hydrogen (secondary N) is 1. The van der Waals surface area contributed by atoms with Gasteiger partial charge < -0.3 is 14.2 Å². The van der Waals surface area contributed by atoms with Crippen molar-refractivity contribution in [3.05, 3.63) is 76.3 Å². The molecule has 3 aromatic rings. The third kappa shape index (κ3) is 6.68. The Labute approximate surface area is 190 Å². The van der Waals surface area contributed by atoms with E-state index in [4.69, 9.17) is 9.47 Å². The first-order chi connectivity index (χ1) is 15.5. The summed E-state index contributed by atoms with van der Waals surface area (Å²) in [4.78, 5) is 27.6. The number of benzene rings is 2. The molecule has 3 rings (SSSR count). The first kappa shape index (κ1) is 23.0. The first-order valence-corrected chi connectivity index (χ1v) is 10.7. The highest BCUT2D eigenvalue weighted by atomic mass is 32.1. The minimum atomic E-state index is -0.376. The van der Waals surface area contributed by atoms with Gasteiger partial charge in [-0.2, -0.15) is 0 Å². The second-order valence-electron chi connectivity index (χ2n) is 6.88. The van der Waals surface area contributed by atoms with E-state index >= 15 is 0 Å². The largest absolute Gasteiger partial charge is 0.496 e. The molecule has 0 aliphatic carbocycles. The molecule has 0 aliphatic heterocycles. The van der Waals surface area contributed by atoms with E-state index in [-0.39, 0.29) is 18.3 Å². The molecule has 0 saturated carbocycles. The molecule has 1 aromatic heterocycles. The maximum Gasteiger partial charge on any atom is 0.311 e. The summed E-state index contributed by atoms with van der Waals surface area (Å²) < 4.78 is 15.8. The lowest BCUT2D eigenvalue weighted by Crippen LogP contribution is -2.08. The van der Waals surface area contributed by atoms with Crippen molar-refractivity contribution in [3.8, 4) is 11.5 Å². The fraction of sp³-hybridized carbons (Fsp3) is 0.208. The van der Waals surface area contributed by atoms with E-state index < -0.39 is 0 Å². The monoisotopic (exact) mass is 452 g/mol. The minimum Gasteiger partial charge on any atom is -0.496 e. The Bertz CT molecular complexity index is 1110. The predicted octanol–water partition coefficient (Wildman–Crippen LogP) is 4.41. The van der Waals surface area contributed by atoms with Gasteiger partial charge in [0.2, 0.25) is 5.91 Å². The van der Waals surface area contributed by atoms with Gasteiger partial charge in [-0.05, 0) is 47.9 Å². The zero-order chi connectivity index (χ0) is 22.9. The van der Waals surface area contributed by atoms with Crippen LogP contribution in [0.3, 0.4) is 0 Å². The molecule has 0 spiro atoms. The van der Waals surface area contributed by atoms with Gasteiger partial charge in [-0.3, -0.25) is 14.9 Å². The molecule has 1 N–H and O–H groups in total. The molecule has 0 radical (unpaired) electrons. The summed E-state index contributed by atoms with van der Waals surface area (Å²) >= 11 is 1.25. The molecule has 2 aromatic carbocycles. The number of nitrogens with zero attached hydrogens (tertiary/aromatic N) is 1. The van der Waals surface area contributed by atoms with Crippen LogP contribution in [0.25, 0.3) is 6.08 Å². The number of thiazole rings is 1. The van der Waals surface area contributed by atoms with E-state index in [1.807, 2.05) is 49.4 Å². The van der Waals surface area contributed by atoms with Crippen molar-refractivity contribution in [2.45, 2.75) is 20.0 Å². The highest BCUT2D eigenvalue weighted by molar-refractivity contribution is 7.14. The van der Waals surface area contributed by atoms with Gasteiger partial charge in [0.05, 0.1) is 26.3 Å². The molecule has 0 saturated heterocycles. The van der Waals surface area contributed by atoms with Crippen LogP contribution in [0.5, 0.6) is 11.5 Å². The van der Waals surface area contributed by atoms with Gasteiger partial charge in [0, 0.05) is 11.5 Å². The van der Waals surface area contributed by atoms with Gasteiger partial charge in [-0.1, -0.05) is 24.3 Å². The third-order valence-corrected chi connectivity index (χ3v) is 5.33. The van der Waals surface area contributed by atoms with Crippen molar-refractivity contribution in [1.29, 1.82) is 0 Å². The summed E-state index contributed by atoms with van der Waals surface area (Å²) in [5, 5.41) is 4.82. The summed E-state index contributed by atoms with van der Waals surface area (Å²) in [7, 11) is 2.97. The lowest BCUT2D eigenvalue weighted by molar-refractivity contribution is -0.139. The number of aryl methyl sites for hydroxylation is 1. The van der Waals surface area contributed by atoms with Gasteiger partial charge >= 0.3 is 5.97 Å². The van der Waals surface area contributed by atoms with E-state index in [1.165, 1.54) is 24.5 Å². The van der Waals surface area contributed by atoms with E-state index in [9.17, 15) is 9.59 Å². The molecule has 8 heteroatoms. The number of methoxy groups -OCH3 is 2. The zero-order valence-corrected chi connectivity index (χ0v) is 18.9. The summed E-state index contributed by atoms with van der Waals surface area (Å²) in [6.45, 7) is 2.43. The molecular formula is C24H24N2O5S. The van der Waals surface area contributed by atoms with Gasteiger partial charge in [0.25, 0.3) is 0 Å². The lowest BCUT2D eigenvalue weighted by atomic mass is 10.1. The van der Waals surface area contributed by atoms with Crippen LogP contribution in [0.2, 0.25) is 0 Å². The van der Waals surface area contributed by atoms with Gasteiger partial charge in [-0.25, -0.2) is 4.98 Å². The Hall–Kier alpha value is -3.65. The molecule has 0 unspecified atom stereocenters. The number of rotatable bonds is 9. The predicted molar refractivity (Wildman–Crippen MR) is 124 cm³/mol. The number of carbonyl (C=O) groups excluding carboxylic acids is 2. The van der Waals surface area contributed by atoms with Crippen LogP contribution in [0.1, 0.15) is 22.4 Å². The topological polar surface area (TPSA) is 86.8 Å². The van der Waals surface area contributed by atoms with Crippen molar-refractivity contribution in [1.82, 2.24) is 4.98 Å². The average molecular weight is 453 g/mol. The van der Waals surface area contributed by atoms with Crippen LogP contribution in [0.4, 0.5) is 5.13 Å². The number of esters is 1. The fourth-order valence-electron chi connectivity index (χ4n) is 2.78. The maximum atomic E-state index is 12.1. The second-order valence-corrected chi connectivity index (χ2v) is 7.74. The smallest absolute Gasteiger partial charge is 0.311 e. The van der Waals surface area contributed by atoms with Gasteiger partial charge in [-0.15, -0.1) is 11.3 Å². The molecular weight excluding hydrogens is 428 g/mol. The fourth-order valence-corrected chi connectivity index (χ4v) is 3.49. The maximum absolute atomic E-state index is 12.1. The normalized spacial score (nSPS) is 10.7. The number of ether oxygens (including phenoxy) is 3. The van der Waals surface area contributed by atoms with Crippen molar-refractivity contribution in [2.24, 2.45) is 0 Å². The number of anilines is 1. The van der Waals surface area contributed by atoms with Crippen LogP contribution in [-0.2, 0) is 27.4 Å². The highest BCUT2D eigenvalue weighted by Crippen LogP contribution is 2.21. The third-order valence-electron chi connectivity index (χ3n) is 4.52. The van der Waals surface area contributed by atoms with Crippen LogP contribution >= 0.6 is 11.3 Å². The lowest BCUT2D eigenvalue weighted by Gasteiger charge is -2.09. The average Bonchev–Trinajstić information content (AvgIpc) is 3.24. The van der Waals surface area contributed by atoms with E-state index in [0.717, 1.165) is 28.2 Å². The van der Waals surface area contributed by atoms with Crippen molar-refractivity contribution < 1.29 is 23.8 Å². The molecule has 0 aliphatic rings. The summed E-state index contributed by atoms with van der Waals surface area (Å²) in [5.74, 6) is 0.881. The molecule has 0 fully saturated rings. The van der Waals surface area contributed by atoms with Crippen LogP contribution in [0, 0.1) is 6.92 Å². The summed E-state index contributed by atoms with van der Waals surface area (Å²) in [6, 6.07) is 13.4. The quantitative estimate of drug-likeness (QED) is 0.382. The molecule has 0 atom stereocenters. The molecule has 1 heterocycles. The number of hydrogen-bond donors (Lipinski definition) is 1. The summed E-state index contributed by atoms with van der Waals surface area (Å²) in [5.41, 5.74) is 3.51. The number of hydrogen-bond acceptors (Lipinski definition) is 7. The van der Waals surface area contributed by atoms with E-state index in [1.54, 1.807) is 18.6 Å². The molecule has 166 valence electrons. The number of carbonyl (C=O) groups is 2. The Morgan fingerprint density at radius 1 is 1.12 bits per heavy atom. The van der Waals surface area contributed by atoms with Crippen molar-refractivity contribution >= 4 is 34.4 Å². The summed E-state index contributed by atoms with van der Waals surface area (Å²) in [6.07, 6.45) is 3.20. The first-order valence-electron chi connectivity index (χ1n) is 9.83. The number of aromatic nitrogens is 1. The Balaban J connectivity index is 1.50. The zero-order valence-electron chi connectivity index (χ0n) is 18.1. The van der Waals surface area contributed by atoms with Crippen molar-refractivity contribution in [3.63, 3.8) is 0 Å². The minimum absolute atomic E-state index is 0.0740. The standard InChI is InChI=1S/C24H24N2O5S/c1-16-4-5-18(12-21(16)29-2)14-31-20-9-6-17(7-10-20)8-11-22(27)26-24-25-19(15-32-24)13-23(28)30-3/h4-12,15H,13-14H2,1-3H3,(H,25,26,27)/b11-8+. The Morgan fingerprint density at radius 2 is 1.91 bits per heavy atom. The second kappa shape index (κ2) is 11.1. The van der Waals surface area contributed by atoms with E-state index in [2.05, 4.69) is 15.0 Å². The van der Waals surface area contributed by atoms with Crippen molar-refractivity contribution in [2.75, 3.05) is 19.5 Å². The van der Waals surface area contributed by atoms with Gasteiger partial charge in [0.1, 0.15) is 18.1 Å². The molecule has 32 heavy (non-hydrogen) atoms. The van der Waals surface area contributed by atoms with Crippen LogP contribution in [-0.4, -0.2) is 31.1 Å². The highest BCUT2D eigenvalue weighted by Gasteiger charge is 2.09. The Morgan fingerprint density at radius 3 is 2.62 bits per heavy atom. The Kier molecular flexibility index (Phi) is 7.99. The van der Waals surface area contributed by atoms with E-state index in [0.29, 0.717) is 17.4 Å². The number of amides is 1. The molecule has 1 amide bonds. The van der Waals surface area contributed by atoms with Crippen LogP contribution < -0.4 is 14.8 Å². The van der Waals surface area contributed by atoms with Crippen LogP contribution in [0.15, 0.2) is 53.9 Å². The molecule has 0 bridgehead atoms. The van der Waals surface area contributed by atoms with Gasteiger partial charge in [0.15, 0.2) is 5.13 Å². The molecule has 7 nitrogen and oxygen atoms in total. The SMILES string of the molecule is COC(=O)Cc1csc(NC(=O)/C=C/c2ccc(OCc3ccc(C)c(OC)c3)cc2)n1.